The van der Waals surface area contributed by atoms with Crippen molar-refractivity contribution in [2.75, 3.05) is 26.2 Å². The van der Waals surface area contributed by atoms with Crippen LogP contribution in [0, 0.1) is 6.92 Å². The summed E-state index contributed by atoms with van der Waals surface area (Å²) in [5.41, 5.74) is 2.23. The van der Waals surface area contributed by atoms with Crippen molar-refractivity contribution >= 4 is 5.91 Å². The zero-order valence-corrected chi connectivity index (χ0v) is 11.6. The lowest BCUT2D eigenvalue weighted by Crippen LogP contribution is -2.57. The summed E-state index contributed by atoms with van der Waals surface area (Å²) < 4.78 is 0. The van der Waals surface area contributed by atoms with Gasteiger partial charge < -0.3 is 10.6 Å². The molecule has 1 aromatic rings. The predicted molar refractivity (Wildman–Crippen MR) is 74.7 cm³/mol. The molecule has 1 amide bonds. The van der Waals surface area contributed by atoms with Gasteiger partial charge in [-0.3, -0.25) is 14.7 Å². The highest BCUT2D eigenvalue weighted by atomic mass is 16.2. The molecule has 104 valence electrons. The Morgan fingerprint density at radius 1 is 1.63 bits per heavy atom. The fourth-order valence-electron chi connectivity index (χ4n) is 2.36. The van der Waals surface area contributed by atoms with E-state index in [9.17, 15) is 4.79 Å². The Morgan fingerprint density at radius 3 is 3.21 bits per heavy atom. The minimum Gasteiger partial charge on any atom is -0.355 e. The van der Waals surface area contributed by atoms with Crippen LogP contribution in [0.3, 0.4) is 0 Å². The number of pyridine rings is 1. The number of hydrogen-bond acceptors (Lipinski definition) is 4. The van der Waals surface area contributed by atoms with Crippen LogP contribution in [0.15, 0.2) is 18.3 Å². The van der Waals surface area contributed by atoms with Crippen molar-refractivity contribution in [2.45, 2.75) is 26.4 Å². The first kappa shape index (κ1) is 14.0. The van der Waals surface area contributed by atoms with Gasteiger partial charge in [-0.15, -0.1) is 0 Å². The van der Waals surface area contributed by atoms with E-state index in [0.29, 0.717) is 13.1 Å². The molecule has 0 bridgehead atoms. The lowest BCUT2D eigenvalue weighted by Gasteiger charge is -2.35. The highest BCUT2D eigenvalue weighted by Gasteiger charge is 2.28. The van der Waals surface area contributed by atoms with Crippen molar-refractivity contribution in [2.24, 2.45) is 0 Å². The van der Waals surface area contributed by atoms with E-state index < -0.39 is 0 Å². The zero-order chi connectivity index (χ0) is 13.7. The van der Waals surface area contributed by atoms with Gasteiger partial charge in [0.15, 0.2) is 0 Å². The molecule has 5 heteroatoms. The van der Waals surface area contributed by atoms with Crippen LogP contribution in [-0.2, 0) is 11.3 Å². The summed E-state index contributed by atoms with van der Waals surface area (Å²) in [6.07, 6.45) is 1.81. The van der Waals surface area contributed by atoms with Crippen LogP contribution in [0.5, 0.6) is 0 Å². The normalized spacial score (nSPS) is 20.2. The van der Waals surface area contributed by atoms with Gasteiger partial charge in [0, 0.05) is 38.9 Å². The lowest BCUT2D eigenvalue weighted by molar-refractivity contribution is -0.127. The number of likely N-dealkylation sites (N-methyl/N-ethyl adjacent to an activating group) is 1. The van der Waals surface area contributed by atoms with Gasteiger partial charge in [0.25, 0.3) is 0 Å². The zero-order valence-electron chi connectivity index (χ0n) is 11.6. The van der Waals surface area contributed by atoms with Crippen molar-refractivity contribution in [3.8, 4) is 0 Å². The summed E-state index contributed by atoms with van der Waals surface area (Å²) in [6.45, 7) is 7.91. The molecule has 1 unspecified atom stereocenters. The molecule has 2 rings (SSSR count). The number of nitrogens with zero attached hydrogens (tertiary/aromatic N) is 2. The fourth-order valence-corrected chi connectivity index (χ4v) is 2.36. The summed E-state index contributed by atoms with van der Waals surface area (Å²) >= 11 is 0. The van der Waals surface area contributed by atoms with Crippen LogP contribution in [-0.4, -0.2) is 48.0 Å². The first-order valence-corrected chi connectivity index (χ1v) is 6.85. The Morgan fingerprint density at radius 2 is 2.47 bits per heavy atom. The largest absolute Gasteiger partial charge is 0.355 e. The quantitative estimate of drug-likeness (QED) is 0.819. The van der Waals surface area contributed by atoms with Crippen molar-refractivity contribution < 1.29 is 4.79 Å². The molecule has 1 aliphatic rings. The maximum absolute atomic E-state index is 12.1. The number of amides is 1. The third-order valence-electron chi connectivity index (χ3n) is 3.48. The molecule has 0 saturated carbocycles. The van der Waals surface area contributed by atoms with Gasteiger partial charge in [-0.25, -0.2) is 0 Å². The van der Waals surface area contributed by atoms with E-state index >= 15 is 0 Å². The SMILES string of the molecule is CCNC(=O)C1CNCCN1Cc1ncccc1C. The number of nitrogens with one attached hydrogen (secondary N) is 2. The average Bonchev–Trinajstić information content (AvgIpc) is 2.42. The number of rotatable bonds is 4. The molecule has 0 aliphatic carbocycles. The molecule has 0 spiro atoms. The van der Waals surface area contributed by atoms with Gasteiger partial charge in [-0.2, -0.15) is 0 Å². The van der Waals surface area contributed by atoms with E-state index in [-0.39, 0.29) is 11.9 Å². The van der Waals surface area contributed by atoms with Crippen LogP contribution in [0.2, 0.25) is 0 Å². The Balaban J connectivity index is 2.07. The van der Waals surface area contributed by atoms with Crippen LogP contribution in [0.1, 0.15) is 18.2 Å². The first-order valence-electron chi connectivity index (χ1n) is 6.85. The number of carbonyl (C=O) groups is 1. The van der Waals surface area contributed by atoms with Crippen LogP contribution >= 0.6 is 0 Å². The van der Waals surface area contributed by atoms with E-state index in [4.69, 9.17) is 0 Å². The van der Waals surface area contributed by atoms with Gasteiger partial charge in [-0.1, -0.05) is 6.07 Å². The van der Waals surface area contributed by atoms with Crippen LogP contribution in [0.4, 0.5) is 0 Å². The van der Waals surface area contributed by atoms with E-state index in [0.717, 1.165) is 25.3 Å². The summed E-state index contributed by atoms with van der Waals surface area (Å²) in [5, 5.41) is 6.19. The van der Waals surface area contributed by atoms with Gasteiger partial charge in [0.2, 0.25) is 5.91 Å². The second-order valence-corrected chi connectivity index (χ2v) is 4.85. The third kappa shape index (κ3) is 3.52. The monoisotopic (exact) mass is 262 g/mol. The molecular formula is C14H22N4O. The highest BCUT2D eigenvalue weighted by molar-refractivity contribution is 5.82. The molecule has 0 aromatic carbocycles. The van der Waals surface area contributed by atoms with Crippen molar-refractivity contribution in [1.29, 1.82) is 0 Å². The molecule has 2 heterocycles. The number of piperazine rings is 1. The molecule has 1 aromatic heterocycles. The first-order chi connectivity index (χ1) is 9.22. The summed E-state index contributed by atoms with van der Waals surface area (Å²) in [6, 6.07) is 3.90. The maximum Gasteiger partial charge on any atom is 0.238 e. The average molecular weight is 262 g/mol. The Bertz CT molecular complexity index is 435. The molecule has 1 fully saturated rings. The number of hydrogen-bond donors (Lipinski definition) is 2. The minimum absolute atomic E-state index is 0.100. The molecule has 1 saturated heterocycles. The predicted octanol–water partition coefficient (Wildman–Crippen LogP) is 0.300. The highest BCUT2D eigenvalue weighted by Crippen LogP contribution is 2.12. The molecule has 1 atom stereocenters. The Hall–Kier alpha value is -1.46. The van der Waals surface area contributed by atoms with Gasteiger partial charge in [0.05, 0.1) is 5.69 Å². The topological polar surface area (TPSA) is 57.3 Å². The number of carbonyl (C=O) groups excluding carboxylic acids is 1. The third-order valence-corrected chi connectivity index (χ3v) is 3.48. The van der Waals surface area contributed by atoms with E-state index in [2.05, 4.69) is 33.5 Å². The standard InChI is InChI=1S/C14H22N4O/c1-3-16-14(19)13-9-15-7-8-18(13)10-12-11(2)5-4-6-17-12/h4-6,13,15H,3,7-10H2,1-2H3,(H,16,19). The molecule has 1 aliphatic heterocycles. The second-order valence-electron chi connectivity index (χ2n) is 4.85. The molecule has 19 heavy (non-hydrogen) atoms. The molecule has 0 radical (unpaired) electrons. The summed E-state index contributed by atoms with van der Waals surface area (Å²) in [4.78, 5) is 18.7. The summed E-state index contributed by atoms with van der Waals surface area (Å²) in [7, 11) is 0. The van der Waals surface area contributed by atoms with Gasteiger partial charge >= 0.3 is 0 Å². The minimum atomic E-state index is -0.102. The molecule has 5 nitrogen and oxygen atoms in total. The second kappa shape index (κ2) is 6.63. The van der Waals surface area contributed by atoms with E-state index in [1.165, 1.54) is 5.56 Å². The Kier molecular flexibility index (Phi) is 4.87. The number of aromatic nitrogens is 1. The lowest BCUT2D eigenvalue weighted by atomic mass is 10.1. The van der Waals surface area contributed by atoms with E-state index in [1.807, 2.05) is 19.2 Å². The van der Waals surface area contributed by atoms with Crippen molar-refractivity contribution in [3.63, 3.8) is 0 Å². The Labute approximate surface area is 114 Å². The van der Waals surface area contributed by atoms with Gasteiger partial charge in [0.1, 0.15) is 6.04 Å². The van der Waals surface area contributed by atoms with Crippen molar-refractivity contribution in [1.82, 2.24) is 20.5 Å². The fraction of sp³-hybridized carbons (Fsp3) is 0.571. The smallest absolute Gasteiger partial charge is 0.238 e. The van der Waals surface area contributed by atoms with Gasteiger partial charge in [-0.05, 0) is 25.5 Å². The summed E-state index contributed by atoms with van der Waals surface area (Å²) in [5.74, 6) is 0.100. The van der Waals surface area contributed by atoms with Crippen LogP contribution < -0.4 is 10.6 Å². The van der Waals surface area contributed by atoms with E-state index in [1.54, 1.807) is 0 Å². The van der Waals surface area contributed by atoms with Crippen LogP contribution in [0.25, 0.3) is 0 Å². The molecular weight excluding hydrogens is 240 g/mol. The number of aryl methyl sites for hydroxylation is 1. The molecule has 2 N–H and O–H groups in total. The maximum atomic E-state index is 12.1. The van der Waals surface area contributed by atoms with Crippen molar-refractivity contribution in [3.05, 3.63) is 29.6 Å².